The summed E-state index contributed by atoms with van der Waals surface area (Å²) in [6.45, 7) is 3.67. The van der Waals surface area contributed by atoms with Crippen molar-refractivity contribution >= 4 is 11.7 Å². The van der Waals surface area contributed by atoms with E-state index in [0.29, 0.717) is 12.6 Å². The van der Waals surface area contributed by atoms with Crippen LogP contribution in [0.2, 0.25) is 0 Å². The van der Waals surface area contributed by atoms with Crippen LogP contribution < -0.4 is 4.90 Å². The van der Waals surface area contributed by atoms with Gasteiger partial charge in [0.2, 0.25) is 0 Å². The summed E-state index contributed by atoms with van der Waals surface area (Å²) in [5, 5.41) is 9.08. The Kier molecular flexibility index (Phi) is 6.07. The molecule has 1 heterocycles. The predicted octanol–water partition coefficient (Wildman–Crippen LogP) is 3.63. The molecule has 3 rings (SSSR count). The van der Waals surface area contributed by atoms with Crippen molar-refractivity contribution in [3.05, 3.63) is 66.2 Å². The molecule has 0 amide bonds. The number of benzene rings is 2. The topological polar surface area (TPSA) is 43.8 Å². The third-order valence-electron chi connectivity index (χ3n) is 4.90. The van der Waals surface area contributed by atoms with Crippen LogP contribution in [0, 0.1) is 0 Å². The Morgan fingerprint density at radius 3 is 2.20 bits per heavy atom. The van der Waals surface area contributed by atoms with E-state index in [-0.39, 0.29) is 6.42 Å². The van der Waals surface area contributed by atoms with Gasteiger partial charge in [0.1, 0.15) is 0 Å². The van der Waals surface area contributed by atoms with Crippen LogP contribution in [-0.2, 0) is 11.3 Å². The van der Waals surface area contributed by atoms with E-state index >= 15 is 0 Å². The van der Waals surface area contributed by atoms with E-state index in [9.17, 15) is 4.79 Å². The third kappa shape index (κ3) is 5.07. The maximum Gasteiger partial charge on any atom is 0.305 e. The molecular formula is C21H26N2O2. The molecule has 4 nitrogen and oxygen atoms in total. The first kappa shape index (κ1) is 17.5. The summed E-state index contributed by atoms with van der Waals surface area (Å²) in [4.78, 5) is 15.8. The zero-order chi connectivity index (χ0) is 17.5. The lowest BCUT2D eigenvalue weighted by Gasteiger charge is -2.39. The molecule has 1 aliphatic heterocycles. The van der Waals surface area contributed by atoms with Gasteiger partial charge >= 0.3 is 5.97 Å². The summed E-state index contributed by atoms with van der Waals surface area (Å²) < 4.78 is 0. The van der Waals surface area contributed by atoms with Gasteiger partial charge in [-0.15, -0.1) is 0 Å². The van der Waals surface area contributed by atoms with Crippen LogP contribution in [0.5, 0.6) is 0 Å². The highest BCUT2D eigenvalue weighted by molar-refractivity contribution is 5.67. The average Bonchev–Trinajstić information content (AvgIpc) is 2.65. The second-order valence-corrected chi connectivity index (χ2v) is 6.67. The van der Waals surface area contributed by atoms with Crippen molar-refractivity contribution in [2.75, 3.05) is 24.5 Å². The van der Waals surface area contributed by atoms with Crippen molar-refractivity contribution in [1.82, 2.24) is 4.90 Å². The van der Waals surface area contributed by atoms with Gasteiger partial charge < -0.3 is 10.0 Å². The molecule has 132 valence electrons. The lowest BCUT2D eigenvalue weighted by atomic mass is 10.0. The minimum absolute atomic E-state index is 0.180. The normalized spacial score (nSPS) is 15.8. The van der Waals surface area contributed by atoms with Gasteiger partial charge in [0.25, 0.3) is 0 Å². The smallest absolute Gasteiger partial charge is 0.305 e. The fraction of sp³-hybridized carbons (Fsp3) is 0.381. The number of aliphatic carboxylic acids is 1. The van der Waals surface area contributed by atoms with E-state index in [2.05, 4.69) is 52.3 Å². The Bertz CT molecular complexity index is 652. The number of carbonyl (C=O) groups is 1. The van der Waals surface area contributed by atoms with Gasteiger partial charge in [0.15, 0.2) is 0 Å². The van der Waals surface area contributed by atoms with Crippen LogP contribution in [0.3, 0.4) is 0 Å². The molecule has 0 unspecified atom stereocenters. The predicted molar refractivity (Wildman–Crippen MR) is 101 cm³/mol. The molecular weight excluding hydrogens is 312 g/mol. The Hall–Kier alpha value is -2.33. The van der Waals surface area contributed by atoms with Crippen molar-refractivity contribution < 1.29 is 9.90 Å². The molecule has 4 heteroatoms. The fourth-order valence-corrected chi connectivity index (χ4v) is 3.59. The van der Waals surface area contributed by atoms with Crippen LogP contribution in [0.15, 0.2) is 60.7 Å². The number of piperidine rings is 1. The van der Waals surface area contributed by atoms with E-state index < -0.39 is 5.97 Å². The summed E-state index contributed by atoms with van der Waals surface area (Å²) >= 11 is 0. The highest BCUT2D eigenvalue weighted by Crippen LogP contribution is 2.24. The Morgan fingerprint density at radius 2 is 1.60 bits per heavy atom. The van der Waals surface area contributed by atoms with Crippen LogP contribution in [0.4, 0.5) is 5.69 Å². The van der Waals surface area contributed by atoms with Gasteiger partial charge in [-0.1, -0.05) is 48.5 Å². The summed E-state index contributed by atoms with van der Waals surface area (Å²) in [5.41, 5.74) is 2.48. The van der Waals surface area contributed by atoms with Crippen molar-refractivity contribution in [3.63, 3.8) is 0 Å². The van der Waals surface area contributed by atoms with Gasteiger partial charge in [-0.3, -0.25) is 9.69 Å². The van der Waals surface area contributed by atoms with E-state index in [1.165, 1.54) is 5.56 Å². The minimum Gasteiger partial charge on any atom is -0.481 e. The lowest BCUT2D eigenvalue weighted by Crippen LogP contribution is -2.45. The highest BCUT2D eigenvalue weighted by Gasteiger charge is 2.25. The monoisotopic (exact) mass is 338 g/mol. The maximum absolute atomic E-state index is 11.0. The van der Waals surface area contributed by atoms with Gasteiger partial charge in [0.05, 0.1) is 6.42 Å². The molecule has 1 aliphatic rings. The second kappa shape index (κ2) is 8.67. The Balaban J connectivity index is 1.60. The molecule has 0 radical (unpaired) electrons. The molecule has 0 atom stereocenters. The number of hydrogen-bond donors (Lipinski definition) is 1. The number of carboxylic acids is 1. The molecule has 2 aromatic carbocycles. The molecule has 1 fully saturated rings. The number of nitrogens with zero attached hydrogens (tertiary/aromatic N) is 2. The van der Waals surface area contributed by atoms with Crippen molar-refractivity contribution in [3.8, 4) is 0 Å². The van der Waals surface area contributed by atoms with Gasteiger partial charge in [-0.2, -0.15) is 0 Å². The first-order valence-corrected chi connectivity index (χ1v) is 9.02. The number of hydrogen-bond acceptors (Lipinski definition) is 3. The number of likely N-dealkylation sites (tertiary alicyclic amines) is 1. The van der Waals surface area contributed by atoms with Crippen molar-refractivity contribution in [2.24, 2.45) is 0 Å². The van der Waals surface area contributed by atoms with Crippen LogP contribution >= 0.6 is 0 Å². The number of carboxylic acid groups (broad SMARTS) is 1. The van der Waals surface area contributed by atoms with Crippen LogP contribution in [0.25, 0.3) is 0 Å². The summed E-state index contributed by atoms with van der Waals surface area (Å²) in [5.74, 6) is -0.734. The van der Waals surface area contributed by atoms with E-state index in [4.69, 9.17) is 5.11 Å². The SMILES string of the molecule is O=C(O)CCN(c1ccccc1)C1CCN(Cc2ccccc2)CC1. The summed E-state index contributed by atoms with van der Waals surface area (Å²) in [6, 6.07) is 21.2. The highest BCUT2D eigenvalue weighted by atomic mass is 16.4. The standard InChI is InChI=1S/C21H26N2O2/c24-21(25)13-16-23(19-9-5-2-6-10-19)20-11-14-22(15-12-20)17-18-7-3-1-4-8-18/h1-10,20H,11-17H2,(H,24,25). The molecule has 0 saturated carbocycles. The van der Waals surface area contributed by atoms with Crippen LogP contribution in [0.1, 0.15) is 24.8 Å². The third-order valence-corrected chi connectivity index (χ3v) is 4.90. The zero-order valence-electron chi connectivity index (χ0n) is 14.6. The van der Waals surface area contributed by atoms with Crippen molar-refractivity contribution in [1.29, 1.82) is 0 Å². The molecule has 0 aromatic heterocycles. The van der Waals surface area contributed by atoms with Crippen molar-refractivity contribution in [2.45, 2.75) is 31.8 Å². The lowest BCUT2D eigenvalue weighted by molar-refractivity contribution is -0.136. The fourth-order valence-electron chi connectivity index (χ4n) is 3.59. The Morgan fingerprint density at radius 1 is 1.00 bits per heavy atom. The van der Waals surface area contributed by atoms with Crippen LogP contribution in [-0.4, -0.2) is 41.7 Å². The molecule has 25 heavy (non-hydrogen) atoms. The number of rotatable bonds is 7. The van der Waals surface area contributed by atoms with E-state index in [1.807, 2.05) is 18.2 Å². The summed E-state index contributed by atoms with van der Waals surface area (Å²) in [7, 11) is 0. The largest absolute Gasteiger partial charge is 0.481 e. The van der Waals surface area contributed by atoms with Gasteiger partial charge in [-0.25, -0.2) is 0 Å². The maximum atomic E-state index is 11.0. The van der Waals surface area contributed by atoms with E-state index in [0.717, 1.165) is 38.2 Å². The molecule has 2 aromatic rings. The first-order chi connectivity index (χ1) is 12.2. The Labute approximate surface area is 149 Å². The number of para-hydroxylation sites is 1. The number of anilines is 1. The molecule has 0 spiro atoms. The van der Waals surface area contributed by atoms with Gasteiger partial charge in [0, 0.05) is 37.9 Å². The quantitative estimate of drug-likeness (QED) is 0.837. The van der Waals surface area contributed by atoms with Gasteiger partial charge in [-0.05, 0) is 30.5 Å². The molecule has 0 aliphatic carbocycles. The first-order valence-electron chi connectivity index (χ1n) is 9.02. The molecule has 0 bridgehead atoms. The molecule has 1 N–H and O–H groups in total. The minimum atomic E-state index is -0.734. The van der Waals surface area contributed by atoms with E-state index in [1.54, 1.807) is 0 Å². The summed E-state index contributed by atoms with van der Waals surface area (Å²) in [6.07, 6.45) is 2.32. The average molecular weight is 338 g/mol. The second-order valence-electron chi connectivity index (χ2n) is 6.67. The molecule has 1 saturated heterocycles. The zero-order valence-corrected chi connectivity index (χ0v) is 14.6.